The Morgan fingerprint density at radius 2 is 1.65 bits per heavy atom. The molecule has 0 aliphatic heterocycles. The SMILES string of the molecule is CC/C(N)=C\CNCc1ccc(CNCCC(C)(N)CC)cc1. The van der Waals surface area contributed by atoms with Crippen LogP contribution in [0.2, 0.25) is 0 Å². The van der Waals surface area contributed by atoms with Crippen LogP contribution >= 0.6 is 0 Å². The molecule has 0 radical (unpaired) electrons. The van der Waals surface area contributed by atoms with Crippen LogP contribution in [0.4, 0.5) is 0 Å². The van der Waals surface area contributed by atoms with Gasteiger partial charge in [-0.3, -0.25) is 0 Å². The van der Waals surface area contributed by atoms with Crippen molar-refractivity contribution >= 4 is 0 Å². The number of nitrogens with one attached hydrogen (secondary N) is 2. The molecule has 0 fully saturated rings. The van der Waals surface area contributed by atoms with Crippen LogP contribution in [0.15, 0.2) is 36.0 Å². The van der Waals surface area contributed by atoms with E-state index in [4.69, 9.17) is 11.5 Å². The molecule has 23 heavy (non-hydrogen) atoms. The van der Waals surface area contributed by atoms with Crippen LogP contribution in [-0.4, -0.2) is 18.6 Å². The molecule has 130 valence electrons. The Morgan fingerprint density at radius 3 is 2.17 bits per heavy atom. The number of hydrogen-bond acceptors (Lipinski definition) is 4. The first-order valence-corrected chi connectivity index (χ1v) is 8.69. The van der Waals surface area contributed by atoms with Crippen LogP contribution in [-0.2, 0) is 13.1 Å². The largest absolute Gasteiger partial charge is 0.402 e. The van der Waals surface area contributed by atoms with Gasteiger partial charge in [-0.05, 0) is 43.9 Å². The Balaban J connectivity index is 2.25. The van der Waals surface area contributed by atoms with Crippen molar-refractivity contribution in [3.8, 4) is 0 Å². The first-order valence-electron chi connectivity index (χ1n) is 8.69. The van der Waals surface area contributed by atoms with Gasteiger partial charge < -0.3 is 22.1 Å². The molecule has 1 aromatic rings. The van der Waals surface area contributed by atoms with Crippen molar-refractivity contribution in [1.82, 2.24) is 10.6 Å². The van der Waals surface area contributed by atoms with Gasteiger partial charge in [0, 0.05) is 30.9 Å². The molecule has 4 heteroatoms. The van der Waals surface area contributed by atoms with Crippen LogP contribution in [0, 0.1) is 0 Å². The quantitative estimate of drug-likeness (QED) is 0.473. The van der Waals surface area contributed by atoms with E-state index in [1.54, 1.807) is 0 Å². The Bertz CT molecular complexity index is 463. The van der Waals surface area contributed by atoms with Crippen LogP contribution in [0.5, 0.6) is 0 Å². The average Bonchev–Trinajstić information content (AvgIpc) is 2.56. The Kier molecular flexibility index (Phi) is 8.92. The Labute approximate surface area is 141 Å². The van der Waals surface area contributed by atoms with Gasteiger partial charge in [-0.2, -0.15) is 0 Å². The molecule has 1 aromatic carbocycles. The summed E-state index contributed by atoms with van der Waals surface area (Å²) in [6, 6.07) is 8.72. The molecular weight excluding hydrogens is 284 g/mol. The lowest BCUT2D eigenvalue weighted by Gasteiger charge is -2.22. The van der Waals surface area contributed by atoms with E-state index in [-0.39, 0.29) is 5.54 Å². The normalized spacial score (nSPS) is 14.7. The maximum Gasteiger partial charge on any atom is 0.0208 e. The Morgan fingerprint density at radius 1 is 1.09 bits per heavy atom. The molecule has 0 bridgehead atoms. The van der Waals surface area contributed by atoms with Gasteiger partial charge in [-0.15, -0.1) is 0 Å². The molecule has 0 saturated carbocycles. The van der Waals surface area contributed by atoms with Gasteiger partial charge in [0.15, 0.2) is 0 Å². The van der Waals surface area contributed by atoms with Crippen molar-refractivity contribution in [3.05, 3.63) is 47.2 Å². The average molecular weight is 319 g/mol. The minimum atomic E-state index is -0.0574. The van der Waals surface area contributed by atoms with Crippen molar-refractivity contribution in [3.63, 3.8) is 0 Å². The number of allylic oxidation sites excluding steroid dienone is 1. The molecule has 6 N–H and O–H groups in total. The summed E-state index contributed by atoms with van der Waals surface area (Å²) >= 11 is 0. The van der Waals surface area contributed by atoms with Gasteiger partial charge in [-0.25, -0.2) is 0 Å². The number of hydrogen-bond donors (Lipinski definition) is 4. The van der Waals surface area contributed by atoms with E-state index < -0.39 is 0 Å². The lowest BCUT2D eigenvalue weighted by atomic mass is 9.96. The van der Waals surface area contributed by atoms with E-state index in [9.17, 15) is 0 Å². The molecule has 0 aliphatic carbocycles. The zero-order valence-electron chi connectivity index (χ0n) is 15.0. The summed E-state index contributed by atoms with van der Waals surface area (Å²) < 4.78 is 0. The third-order valence-corrected chi connectivity index (χ3v) is 4.28. The number of nitrogens with two attached hydrogens (primary N) is 2. The van der Waals surface area contributed by atoms with E-state index in [0.717, 1.165) is 51.1 Å². The van der Waals surface area contributed by atoms with Crippen LogP contribution in [0.25, 0.3) is 0 Å². The summed E-state index contributed by atoms with van der Waals surface area (Å²) in [6.45, 7) is 9.84. The fourth-order valence-corrected chi connectivity index (χ4v) is 2.12. The molecule has 1 rings (SSSR count). The number of rotatable bonds is 11. The van der Waals surface area contributed by atoms with Crippen LogP contribution in [0.1, 0.15) is 51.2 Å². The lowest BCUT2D eigenvalue weighted by Crippen LogP contribution is -2.38. The molecule has 0 aliphatic rings. The summed E-state index contributed by atoms with van der Waals surface area (Å²) in [6.07, 6.45) is 4.96. The zero-order valence-corrected chi connectivity index (χ0v) is 15.0. The Hall–Kier alpha value is -1.36. The monoisotopic (exact) mass is 318 g/mol. The standard InChI is InChI=1S/C19H34N4/c1-4-18(20)10-12-22-14-16-6-8-17(9-7-16)15-23-13-11-19(3,21)5-2/h6-10,22-23H,4-5,11-15,20-21H2,1-3H3/b18-10+. The number of benzene rings is 1. The van der Waals surface area contributed by atoms with E-state index in [1.165, 1.54) is 11.1 Å². The first-order chi connectivity index (χ1) is 11.0. The molecule has 1 unspecified atom stereocenters. The third kappa shape index (κ3) is 8.74. The highest BCUT2D eigenvalue weighted by Gasteiger charge is 2.13. The first kappa shape index (κ1) is 19.7. The highest BCUT2D eigenvalue weighted by Crippen LogP contribution is 2.09. The summed E-state index contributed by atoms with van der Waals surface area (Å²) in [5, 5.41) is 6.84. The molecule has 1 atom stereocenters. The van der Waals surface area contributed by atoms with Crippen molar-refractivity contribution in [2.24, 2.45) is 11.5 Å². The predicted molar refractivity (Wildman–Crippen MR) is 99.9 cm³/mol. The van der Waals surface area contributed by atoms with Gasteiger partial charge in [0.1, 0.15) is 0 Å². The molecule has 4 nitrogen and oxygen atoms in total. The minimum absolute atomic E-state index is 0.0574. The highest BCUT2D eigenvalue weighted by molar-refractivity contribution is 5.22. The van der Waals surface area contributed by atoms with E-state index in [2.05, 4.69) is 55.7 Å². The van der Waals surface area contributed by atoms with Gasteiger partial charge in [0.25, 0.3) is 0 Å². The zero-order chi connectivity index (χ0) is 17.1. The van der Waals surface area contributed by atoms with Gasteiger partial charge in [-0.1, -0.05) is 44.2 Å². The second-order valence-electron chi connectivity index (χ2n) is 6.51. The maximum atomic E-state index is 6.14. The van der Waals surface area contributed by atoms with E-state index >= 15 is 0 Å². The van der Waals surface area contributed by atoms with Crippen molar-refractivity contribution in [1.29, 1.82) is 0 Å². The summed E-state index contributed by atoms with van der Waals surface area (Å²) in [7, 11) is 0. The minimum Gasteiger partial charge on any atom is -0.402 e. The summed E-state index contributed by atoms with van der Waals surface area (Å²) in [5.41, 5.74) is 15.4. The fraction of sp³-hybridized carbons (Fsp3) is 0.579. The highest BCUT2D eigenvalue weighted by atomic mass is 14.9. The predicted octanol–water partition coefficient (Wildman–Crippen LogP) is 2.64. The smallest absolute Gasteiger partial charge is 0.0208 e. The molecule has 0 aromatic heterocycles. The topological polar surface area (TPSA) is 76.1 Å². The molecule has 0 saturated heterocycles. The third-order valence-electron chi connectivity index (χ3n) is 4.28. The molecule has 0 amide bonds. The summed E-state index contributed by atoms with van der Waals surface area (Å²) in [5.74, 6) is 0. The van der Waals surface area contributed by atoms with Crippen LogP contribution < -0.4 is 22.1 Å². The van der Waals surface area contributed by atoms with Crippen molar-refractivity contribution in [2.75, 3.05) is 13.1 Å². The second kappa shape index (κ2) is 10.4. The molecular formula is C19H34N4. The van der Waals surface area contributed by atoms with Crippen LogP contribution in [0.3, 0.4) is 0 Å². The fourth-order valence-electron chi connectivity index (χ4n) is 2.12. The summed E-state index contributed by atoms with van der Waals surface area (Å²) in [4.78, 5) is 0. The maximum absolute atomic E-state index is 6.14. The van der Waals surface area contributed by atoms with Gasteiger partial charge >= 0.3 is 0 Å². The second-order valence-corrected chi connectivity index (χ2v) is 6.51. The lowest BCUT2D eigenvalue weighted by molar-refractivity contribution is 0.405. The van der Waals surface area contributed by atoms with E-state index in [1.807, 2.05) is 6.08 Å². The molecule has 0 spiro atoms. The van der Waals surface area contributed by atoms with Gasteiger partial charge in [0.2, 0.25) is 0 Å². The van der Waals surface area contributed by atoms with Crippen molar-refractivity contribution in [2.45, 2.75) is 58.7 Å². The molecule has 0 heterocycles. The van der Waals surface area contributed by atoms with Gasteiger partial charge in [0.05, 0.1) is 0 Å². The van der Waals surface area contributed by atoms with Crippen molar-refractivity contribution < 1.29 is 0 Å². The van der Waals surface area contributed by atoms with E-state index in [0.29, 0.717) is 0 Å².